The van der Waals surface area contributed by atoms with Gasteiger partial charge in [-0.15, -0.1) is 0 Å². The Hall–Kier alpha value is -2.61. The number of nitrogens with two attached hydrogens (primary N) is 1. The maximum atomic E-state index is 12.3. The summed E-state index contributed by atoms with van der Waals surface area (Å²) in [4.78, 5) is 15.1. The van der Waals surface area contributed by atoms with Gasteiger partial charge in [-0.25, -0.2) is 13.6 Å². The summed E-state index contributed by atoms with van der Waals surface area (Å²) >= 11 is 6.06. The lowest BCUT2D eigenvalue weighted by Gasteiger charge is -2.11. The van der Waals surface area contributed by atoms with Crippen LogP contribution < -0.4 is 10.5 Å². The van der Waals surface area contributed by atoms with Gasteiger partial charge in [0, 0.05) is 34.2 Å². The van der Waals surface area contributed by atoms with Gasteiger partial charge in [-0.05, 0) is 29.8 Å². The minimum absolute atomic E-state index is 0.0624. The second kappa shape index (κ2) is 7.33. The Kier molecular flexibility index (Phi) is 5.13. The van der Waals surface area contributed by atoms with Gasteiger partial charge in [0.1, 0.15) is 0 Å². The number of H-pyrrole nitrogens is 1. The van der Waals surface area contributed by atoms with Gasteiger partial charge in [-0.2, -0.15) is 0 Å². The second-order valence-corrected chi connectivity index (χ2v) is 7.61. The molecule has 2 aromatic carbocycles. The van der Waals surface area contributed by atoms with Crippen LogP contribution in [0.2, 0.25) is 5.02 Å². The fourth-order valence-corrected chi connectivity index (χ4v) is 3.57. The molecule has 3 rings (SSSR count). The van der Waals surface area contributed by atoms with Crippen molar-refractivity contribution in [2.75, 3.05) is 5.32 Å². The van der Waals surface area contributed by atoms with Gasteiger partial charge in [-0.1, -0.05) is 35.9 Å². The summed E-state index contributed by atoms with van der Waals surface area (Å²) in [5.41, 5.74) is 2.16. The molecule has 4 N–H and O–H groups in total. The molecule has 0 spiro atoms. The van der Waals surface area contributed by atoms with Crippen LogP contribution in [0, 0.1) is 0 Å². The van der Waals surface area contributed by atoms with Crippen molar-refractivity contribution in [3.05, 3.63) is 71.5 Å². The number of hydrogen-bond acceptors (Lipinski definition) is 3. The number of nitrogens with one attached hydrogen (secondary N) is 2. The van der Waals surface area contributed by atoms with E-state index in [-0.39, 0.29) is 17.2 Å². The van der Waals surface area contributed by atoms with Gasteiger partial charge in [0.15, 0.2) is 0 Å². The average molecular weight is 390 g/mol. The molecule has 0 atom stereocenters. The zero-order valence-electron chi connectivity index (χ0n) is 13.6. The maximum Gasteiger partial charge on any atom is 0.238 e. The van der Waals surface area contributed by atoms with Crippen LogP contribution in [0.5, 0.6) is 0 Å². The minimum atomic E-state index is -3.97. The van der Waals surface area contributed by atoms with Crippen LogP contribution in [-0.2, 0) is 21.2 Å². The lowest BCUT2D eigenvalue weighted by atomic mass is 10.1. The largest absolute Gasteiger partial charge is 0.367 e. The predicted molar refractivity (Wildman–Crippen MR) is 101 cm³/mol. The van der Waals surface area contributed by atoms with Crippen LogP contribution in [-0.4, -0.2) is 19.3 Å². The van der Waals surface area contributed by atoms with Crippen LogP contribution in [0.1, 0.15) is 5.56 Å². The van der Waals surface area contributed by atoms with E-state index in [1.165, 1.54) is 6.07 Å². The first-order chi connectivity index (χ1) is 12.3. The van der Waals surface area contributed by atoms with Gasteiger partial charge >= 0.3 is 0 Å². The quantitative estimate of drug-likeness (QED) is 0.624. The van der Waals surface area contributed by atoms with E-state index in [1.54, 1.807) is 54.9 Å². The SMILES string of the molecule is NS(=O)(=O)c1cc(NC(=O)Cc2ccccc2Cl)ccc1-c1cc[nH]c1. The highest BCUT2D eigenvalue weighted by molar-refractivity contribution is 7.89. The average Bonchev–Trinajstić information content (AvgIpc) is 3.10. The first-order valence-corrected chi connectivity index (χ1v) is 9.60. The number of primary sulfonamides is 1. The molecular formula is C18H16ClN3O3S. The zero-order valence-corrected chi connectivity index (χ0v) is 15.1. The molecule has 8 heteroatoms. The normalized spacial score (nSPS) is 11.3. The van der Waals surface area contributed by atoms with Crippen LogP contribution in [0.4, 0.5) is 5.69 Å². The third kappa shape index (κ3) is 4.13. The Morgan fingerprint density at radius 1 is 1.15 bits per heavy atom. The van der Waals surface area contributed by atoms with Crippen molar-refractivity contribution in [3.8, 4) is 11.1 Å². The molecule has 1 aromatic heterocycles. The molecule has 1 amide bonds. The lowest BCUT2D eigenvalue weighted by molar-refractivity contribution is -0.115. The van der Waals surface area contributed by atoms with Crippen LogP contribution >= 0.6 is 11.6 Å². The summed E-state index contributed by atoms with van der Waals surface area (Å²) in [6, 6.07) is 13.3. The summed E-state index contributed by atoms with van der Waals surface area (Å²) < 4.78 is 23.9. The molecule has 0 radical (unpaired) electrons. The predicted octanol–water partition coefficient (Wildman–Crippen LogP) is 3.16. The van der Waals surface area contributed by atoms with E-state index in [4.69, 9.17) is 16.7 Å². The van der Waals surface area contributed by atoms with Crippen LogP contribution in [0.25, 0.3) is 11.1 Å². The molecule has 0 aliphatic carbocycles. The smallest absolute Gasteiger partial charge is 0.238 e. The van der Waals surface area contributed by atoms with E-state index in [2.05, 4.69) is 10.3 Å². The molecule has 1 heterocycles. The van der Waals surface area contributed by atoms with Gasteiger partial charge in [-0.3, -0.25) is 4.79 Å². The van der Waals surface area contributed by atoms with E-state index < -0.39 is 10.0 Å². The number of carbonyl (C=O) groups excluding carboxylic acids is 1. The molecule has 0 unspecified atom stereocenters. The molecule has 0 saturated heterocycles. The Morgan fingerprint density at radius 2 is 1.92 bits per heavy atom. The van der Waals surface area contributed by atoms with Crippen molar-refractivity contribution < 1.29 is 13.2 Å². The zero-order chi connectivity index (χ0) is 18.7. The number of rotatable bonds is 5. The van der Waals surface area contributed by atoms with Crippen molar-refractivity contribution in [2.24, 2.45) is 5.14 Å². The highest BCUT2D eigenvalue weighted by atomic mass is 35.5. The molecule has 0 fully saturated rings. The highest BCUT2D eigenvalue weighted by Gasteiger charge is 2.17. The number of hydrogen-bond donors (Lipinski definition) is 3. The molecule has 3 aromatic rings. The molecule has 0 aliphatic heterocycles. The van der Waals surface area contributed by atoms with Crippen molar-refractivity contribution >= 4 is 33.2 Å². The summed E-state index contributed by atoms with van der Waals surface area (Å²) in [7, 11) is -3.97. The molecule has 0 aliphatic rings. The molecule has 134 valence electrons. The summed E-state index contributed by atoms with van der Waals surface area (Å²) in [5.74, 6) is -0.312. The van der Waals surface area contributed by atoms with Gasteiger partial charge in [0.2, 0.25) is 15.9 Å². The Balaban J connectivity index is 1.87. The molecule has 26 heavy (non-hydrogen) atoms. The Labute approximate surface area is 156 Å². The van der Waals surface area contributed by atoms with Crippen LogP contribution in [0.15, 0.2) is 65.8 Å². The minimum Gasteiger partial charge on any atom is -0.367 e. The Bertz CT molecular complexity index is 1050. The van der Waals surface area contributed by atoms with Gasteiger partial charge in [0.25, 0.3) is 0 Å². The van der Waals surface area contributed by atoms with E-state index in [1.807, 2.05) is 0 Å². The van der Waals surface area contributed by atoms with E-state index in [0.29, 0.717) is 27.4 Å². The Morgan fingerprint density at radius 3 is 2.58 bits per heavy atom. The number of aromatic amines is 1. The third-order valence-electron chi connectivity index (χ3n) is 3.79. The van der Waals surface area contributed by atoms with Gasteiger partial charge in [0.05, 0.1) is 11.3 Å². The molecular weight excluding hydrogens is 374 g/mol. The highest BCUT2D eigenvalue weighted by Crippen LogP contribution is 2.29. The first kappa shape index (κ1) is 18.2. The molecule has 0 bridgehead atoms. The standard InChI is InChI=1S/C18H16ClN3O3S/c19-16-4-2-1-3-12(16)9-18(23)22-14-5-6-15(13-7-8-21-11-13)17(10-14)26(20,24)25/h1-8,10-11,21H,9H2,(H,22,23)(H2,20,24,25). The number of anilines is 1. The third-order valence-corrected chi connectivity index (χ3v) is 5.11. The van der Waals surface area contributed by atoms with E-state index >= 15 is 0 Å². The van der Waals surface area contributed by atoms with Crippen molar-refractivity contribution in [1.29, 1.82) is 0 Å². The number of sulfonamides is 1. The van der Waals surface area contributed by atoms with Crippen molar-refractivity contribution in [1.82, 2.24) is 4.98 Å². The fourth-order valence-electron chi connectivity index (χ4n) is 2.59. The van der Waals surface area contributed by atoms with E-state index in [0.717, 1.165) is 0 Å². The maximum absolute atomic E-state index is 12.3. The van der Waals surface area contributed by atoms with Crippen molar-refractivity contribution in [2.45, 2.75) is 11.3 Å². The first-order valence-electron chi connectivity index (χ1n) is 7.68. The second-order valence-electron chi connectivity index (χ2n) is 5.67. The fraction of sp³-hybridized carbons (Fsp3) is 0.0556. The monoisotopic (exact) mass is 389 g/mol. The summed E-state index contributed by atoms with van der Waals surface area (Å²) in [6.45, 7) is 0. The van der Waals surface area contributed by atoms with Crippen molar-refractivity contribution in [3.63, 3.8) is 0 Å². The molecule has 6 nitrogen and oxygen atoms in total. The number of amides is 1. The number of halogens is 1. The molecule has 0 saturated carbocycles. The number of carbonyl (C=O) groups is 1. The van der Waals surface area contributed by atoms with Crippen LogP contribution in [0.3, 0.4) is 0 Å². The summed E-state index contributed by atoms with van der Waals surface area (Å²) in [5, 5.41) is 8.51. The number of aromatic nitrogens is 1. The topological polar surface area (TPSA) is 105 Å². The lowest BCUT2D eigenvalue weighted by Crippen LogP contribution is -2.17. The summed E-state index contributed by atoms with van der Waals surface area (Å²) in [6.07, 6.45) is 3.42. The number of benzene rings is 2. The van der Waals surface area contributed by atoms with E-state index in [9.17, 15) is 13.2 Å². The van der Waals surface area contributed by atoms with Gasteiger partial charge < -0.3 is 10.3 Å².